The number of hydrogen-bond donors (Lipinski definition) is 2. The number of nitrogens with zero attached hydrogens (tertiary/aromatic N) is 3. The molecule has 1 atom stereocenters. The molecule has 5 rings (SSSR count). The van der Waals surface area contributed by atoms with Gasteiger partial charge < -0.3 is 20.4 Å². The summed E-state index contributed by atoms with van der Waals surface area (Å²) in [6.45, 7) is 8.52. The highest BCUT2D eigenvalue weighted by Crippen LogP contribution is 2.28. The normalized spacial score (nSPS) is 20.6. The maximum Gasteiger partial charge on any atom is 0.251 e. The fourth-order valence-electron chi connectivity index (χ4n) is 5.18. The second kappa shape index (κ2) is 9.98. The standard InChI is InChI=1S/C27H29N5O3/c1-29-20-8-4-18-5-11-27(34)32(25(18)12-20)15-23(28)17-2-6-19(7-3-17)30-14-21-9-10-26-24(31-21)13-22(33)16-35-26/h4-5,8-12,17,19,23,30H,2-3,6-7,13-16,28H2. The van der Waals surface area contributed by atoms with Gasteiger partial charge in [0.15, 0.2) is 11.5 Å². The zero-order chi connectivity index (χ0) is 24.4. The van der Waals surface area contributed by atoms with E-state index in [1.54, 1.807) is 28.8 Å². The van der Waals surface area contributed by atoms with E-state index in [9.17, 15) is 9.59 Å². The van der Waals surface area contributed by atoms with Crippen molar-refractivity contribution in [3.8, 4) is 5.75 Å². The summed E-state index contributed by atoms with van der Waals surface area (Å²) in [5.41, 5.74) is 9.44. The lowest BCUT2D eigenvalue weighted by Gasteiger charge is -2.33. The molecule has 1 aliphatic heterocycles. The lowest BCUT2D eigenvalue weighted by atomic mass is 9.81. The van der Waals surface area contributed by atoms with Crippen molar-refractivity contribution in [2.75, 3.05) is 6.61 Å². The van der Waals surface area contributed by atoms with Crippen molar-refractivity contribution in [2.24, 2.45) is 11.7 Å². The molecule has 2 aliphatic rings. The number of carbonyl (C=O) groups excluding carboxylic acids is 1. The minimum Gasteiger partial charge on any atom is -0.484 e. The first-order chi connectivity index (χ1) is 17.0. The van der Waals surface area contributed by atoms with Crippen molar-refractivity contribution in [3.05, 3.63) is 75.6 Å². The first-order valence-electron chi connectivity index (χ1n) is 12.1. The van der Waals surface area contributed by atoms with Crippen LogP contribution in [0.5, 0.6) is 5.75 Å². The first kappa shape index (κ1) is 23.2. The van der Waals surface area contributed by atoms with E-state index >= 15 is 0 Å². The molecule has 3 heterocycles. The lowest BCUT2D eigenvalue weighted by molar-refractivity contribution is -0.121. The zero-order valence-electron chi connectivity index (χ0n) is 19.6. The van der Waals surface area contributed by atoms with Crippen LogP contribution < -0.4 is 21.3 Å². The van der Waals surface area contributed by atoms with Crippen molar-refractivity contribution >= 4 is 22.4 Å². The Morgan fingerprint density at radius 2 is 1.94 bits per heavy atom. The van der Waals surface area contributed by atoms with Gasteiger partial charge in [0.2, 0.25) is 0 Å². The van der Waals surface area contributed by atoms with Gasteiger partial charge in [0.25, 0.3) is 5.56 Å². The maximum absolute atomic E-state index is 12.6. The van der Waals surface area contributed by atoms with Crippen molar-refractivity contribution in [1.29, 1.82) is 0 Å². The number of nitrogens with two attached hydrogens (primary N) is 1. The number of pyridine rings is 2. The second-order valence-electron chi connectivity index (χ2n) is 9.55. The van der Waals surface area contributed by atoms with Crippen molar-refractivity contribution in [2.45, 2.75) is 57.3 Å². The number of fused-ring (bicyclic) bond motifs is 2. The van der Waals surface area contributed by atoms with Crippen LogP contribution in [0.2, 0.25) is 0 Å². The molecule has 1 unspecified atom stereocenters. The smallest absolute Gasteiger partial charge is 0.251 e. The van der Waals surface area contributed by atoms with E-state index in [-0.39, 0.29) is 24.0 Å². The number of ether oxygens (including phenoxy) is 1. The number of hydrogen-bond acceptors (Lipinski definition) is 6. The first-order valence-corrected chi connectivity index (χ1v) is 12.1. The van der Waals surface area contributed by atoms with Gasteiger partial charge in [0.05, 0.1) is 24.4 Å². The molecule has 1 aromatic carbocycles. The molecule has 0 amide bonds. The summed E-state index contributed by atoms with van der Waals surface area (Å²) in [6, 6.07) is 12.9. The lowest BCUT2D eigenvalue weighted by Crippen LogP contribution is -2.42. The molecule has 3 N–H and O–H groups in total. The fraction of sp³-hybridized carbons (Fsp3) is 0.407. The van der Waals surface area contributed by atoms with Crippen LogP contribution in [0, 0.1) is 12.5 Å². The Bertz CT molecular complexity index is 1350. The largest absolute Gasteiger partial charge is 0.484 e. The molecule has 1 saturated carbocycles. The molecule has 0 bridgehead atoms. The minimum absolute atomic E-state index is 0.0577. The summed E-state index contributed by atoms with van der Waals surface area (Å²) >= 11 is 0. The molecule has 0 spiro atoms. The molecule has 3 aromatic rings. The second-order valence-corrected chi connectivity index (χ2v) is 9.55. The Morgan fingerprint density at radius 1 is 1.14 bits per heavy atom. The van der Waals surface area contributed by atoms with Crippen LogP contribution in [0.15, 0.2) is 47.3 Å². The van der Waals surface area contributed by atoms with Crippen LogP contribution in [-0.4, -0.2) is 34.0 Å². The van der Waals surface area contributed by atoms with Gasteiger partial charge in [-0.15, -0.1) is 0 Å². The number of aromatic nitrogens is 2. The summed E-state index contributed by atoms with van der Waals surface area (Å²) in [7, 11) is 0. The Morgan fingerprint density at radius 3 is 2.74 bits per heavy atom. The van der Waals surface area contributed by atoms with Crippen LogP contribution in [-0.2, 0) is 24.3 Å². The summed E-state index contributed by atoms with van der Waals surface area (Å²) in [6.07, 6.45) is 4.34. The molecule has 8 nitrogen and oxygen atoms in total. The minimum atomic E-state index is -0.129. The van der Waals surface area contributed by atoms with E-state index in [2.05, 4.69) is 15.1 Å². The number of Topliss-reactive ketones (excluding diaryl/α,β-unsaturated/α-hetero) is 1. The molecule has 0 saturated heterocycles. The quantitative estimate of drug-likeness (QED) is 0.536. The van der Waals surface area contributed by atoms with Crippen LogP contribution >= 0.6 is 0 Å². The molecular formula is C27H29N5O3. The van der Waals surface area contributed by atoms with Crippen LogP contribution in [0.4, 0.5) is 5.69 Å². The van der Waals surface area contributed by atoms with Gasteiger partial charge in [-0.2, -0.15) is 0 Å². The predicted molar refractivity (Wildman–Crippen MR) is 133 cm³/mol. The van der Waals surface area contributed by atoms with Crippen molar-refractivity contribution in [1.82, 2.24) is 14.9 Å². The molecule has 2 aromatic heterocycles. The van der Waals surface area contributed by atoms with Gasteiger partial charge >= 0.3 is 0 Å². The maximum atomic E-state index is 12.6. The molecular weight excluding hydrogens is 442 g/mol. The third kappa shape index (κ3) is 5.11. The van der Waals surface area contributed by atoms with E-state index in [0.29, 0.717) is 42.9 Å². The zero-order valence-corrected chi connectivity index (χ0v) is 19.6. The number of rotatable bonds is 6. The number of carbonyl (C=O) groups is 1. The highest BCUT2D eigenvalue weighted by molar-refractivity contribution is 5.84. The fourth-order valence-corrected chi connectivity index (χ4v) is 5.18. The van der Waals surface area contributed by atoms with Crippen molar-refractivity contribution < 1.29 is 9.53 Å². The summed E-state index contributed by atoms with van der Waals surface area (Å²) in [5, 5.41) is 4.53. The molecule has 1 aliphatic carbocycles. The third-order valence-corrected chi connectivity index (χ3v) is 7.19. The topological polar surface area (TPSA) is 104 Å². The average Bonchev–Trinajstić information content (AvgIpc) is 2.88. The monoisotopic (exact) mass is 471 g/mol. The highest BCUT2D eigenvalue weighted by atomic mass is 16.5. The number of nitrogens with one attached hydrogen (secondary N) is 1. The average molecular weight is 472 g/mol. The third-order valence-electron chi connectivity index (χ3n) is 7.19. The summed E-state index contributed by atoms with van der Waals surface area (Å²) in [4.78, 5) is 32.4. The van der Waals surface area contributed by atoms with Gasteiger partial charge in [0.1, 0.15) is 12.4 Å². The number of ketones is 1. The molecule has 35 heavy (non-hydrogen) atoms. The van der Waals surface area contributed by atoms with Gasteiger partial charge in [-0.1, -0.05) is 12.1 Å². The SMILES string of the molecule is [C-]#[N+]c1ccc2ccc(=O)n(CC(N)C3CCC(NCc4ccc5c(n4)CC(=O)CO5)CC3)c2c1. The van der Waals surface area contributed by atoms with Crippen molar-refractivity contribution in [3.63, 3.8) is 0 Å². The Kier molecular flexibility index (Phi) is 6.62. The molecule has 8 heteroatoms. The van der Waals surface area contributed by atoms with Gasteiger partial charge in [-0.3, -0.25) is 14.6 Å². The molecule has 180 valence electrons. The summed E-state index contributed by atoms with van der Waals surface area (Å²) < 4.78 is 7.14. The molecule has 0 radical (unpaired) electrons. The van der Waals surface area contributed by atoms with Gasteiger partial charge in [0, 0.05) is 36.8 Å². The van der Waals surface area contributed by atoms with Crippen LogP contribution in [0.1, 0.15) is 37.1 Å². The van der Waals surface area contributed by atoms with Crippen LogP contribution in [0.3, 0.4) is 0 Å². The van der Waals surface area contributed by atoms with E-state index in [1.807, 2.05) is 18.2 Å². The molecule has 1 fully saturated rings. The Labute approximate surface area is 203 Å². The highest BCUT2D eigenvalue weighted by Gasteiger charge is 2.26. The predicted octanol–water partition coefficient (Wildman–Crippen LogP) is 3.13. The van der Waals surface area contributed by atoms with Gasteiger partial charge in [-0.05, 0) is 61.3 Å². The number of benzene rings is 1. The van der Waals surface area contributed by atoms with Gasteiger partial charge in [-0.25, -0.2) is 4.85 Å². The Balaban J connectivity index is 1.17. The van der Waals surface area contributed by atoms with E-state index < -0.39 is 0 Å². The van der Waals surface area contributed by atoms with E-state index in [0.717, 1.165) is 48.0 Å². The van der Waals surface area contributed by atoms with E-state index in [1.165, 1.54) is 0 Å². The summed E-state index contributed by atoms with van der Waals surface area (Å²) in [5.74, 6) is 1.10. The van der Waals surface area contributed by atoms with Crippen LogP contribution in [0.25, 0.3) is 15.7 Å². The Hall–Kier alpha value is -3.54. The van der Waals surface area contributed by atoms with E-state index in [4.69, 9.17) is 17.0 Å².